The van der Waals surface area contributed by atoms with Crippen LogP contribution in [-0.2, 0) is 6.54 Å². The van der Waals surface area contributed by atoms with Gasteiger partial charge in [0.2, 0.25) is 0 Å². The molecule has 1 aromatic carbocycles. The minimum absolute atomic E-state index is 0.00368. The summed E-state index contributed by atoms with van der Waals surface area (Å²) in [5.41, 5.74) is 0.558. The molecule has 0 saturated carbocycles. The summed E-state index contributed by atoms with van der Waals surface area (Å²) in [7, 11) is 1.62. The number of hydrogen-bond donors (Lipinski definition) is 0. The second kappa shape index (κ2) is 6.84. The number of hydrogen-bond acceptors (Lipinski definition) is 5. The molecule has 0 saturated heterocycles. The lowest BCUT2D eigenvalue weighted by atomic mass is 10.1. The van der Waals surface area contributed by atoms with Gasteiger partial charge in [-0.25, -0.2) is 4.79 Å². The molecule has 130 valence electrons. The molecule has 6 heteroatoms. The van der Waals surface area contributed by atoms with Gasteiger partial charge in [0.25, 0.3) is 5.91 Å². The van der Waals surface area contributed by atoms with Gasteiger partial charge in [0.1, 0.15) is 16.9 Å². The standard InChI is InChI=1S/C19H19NO5/c1-12(2)24-15-5-4-14-8-16(19(22)25-17(14)9-15)18(21)20(3)10-13-6-7-23-11-13/h4-9,11-12H,10H2,1-3H3. The summed E-state index contributed by atoms with van der Waals surface area (Å²) in [5, 5.41) is 0.663. The molecule has 3 aromatic rings. The van der Waals surface area contributed by atoms with Crippen molar-refractivity contribution in [3.05, 3.63) is 64.4 Å². The van der Waals surface area contributed by atoms with E-state index in [1.165, 1.54) is 11.2 Å². The van der Waals surface area contributed by atoms with Gasteiger partial charge in [-0.2, -0.15) is 0 Å². The normalized spacial score (nSPS) is 11.0. The smallest absolute Gasteiger partial charge is 0.349 e. The molecule has 0 radical (unpaired) electrons. The Bertz CT molecular complexity index is 940. The molecule has 6 nitrogen and oxygen atoms in total. The average Bonchev–Trinajstić information content (AvgIpc) is 3.05. The van der Waals surface area contributed by atoms with E-state index in [2.05, 4.69) is 0 Å². The van der Waals surface area contributed by atoms with E-state index in [0.29, 0.717) is 23.3 Å². The lowest BCUT2D eigenvalue weighted by Gasteiger charge is -2.15. The zero-order chi connectivity index (χ0) is 18.0. The molecule has 0 fully saturated rings. The third kappa shape index (κ3) is 3.74. The predicted molar refractivity (Wildman–Crippen MR) is 92.8 cm³/mol. The van der Waals surface area contributed by atoms with Crippen LogP contribution in [0, 0.1) is 0 Å². The number of ether oxygens (including phenoxy) is 1. The fourth-order valence-electron chi connectivity index (χ4n) is 2.52. The lowest BCUT2D eigenvalue weighted by Crippen LogP contribution is -2.30. The minimum Gasteiger partial charge on any atom is -0.491 e. The van der Waals surface area contributed by atoms with Gasteiger partial charge < -0.3 is 18.5 Å². The van der Waals surface area contributed by atoms with E-state index in [4.69, 9.17) is 13.6 Å². The van der Waals surface area contributed by atoms with Crippen LogP contribution in [0.2, 0.25) is 0 Å². The summed E-state index contributed by atoms with van der Waals surface area (Å²) >= 11 is 0. The monoisotopic (exact) mass is 341 g/mol. The number of rotatable bonds is 5. The van der Waals surface area contributed by atoms with Crippen molar-refractivity contribution in [3.63, 3.8) is 0 Å². The van der Waals surface area contributed by atoms with Crippen molar-refractivity contribution < 1.29 is 18.4 Å². The molecule has 0 bridgehead atoms. The molecular weight excluding hydrogens is 322 g/mol. The summed E-state index contributed by atoms with van der Waals surface area (Å²) in [6, 6.07) is 8.52. The highest BCUT2D eigenvalue weighted by atomic mass is 16.5. The topological polar surface area (TPSA) is 72.9 Å². The van der Waals surface area contributed by atoms with E-state index >= 15 is 0 Å². The van der Waals surface area contributed by atoms with Crippen LogP contribution in [0.25, 0.3) is 11.0 Å². The van der Waals surface area contributed by atoms with Crippen LogP contribution in [-0.4, -0.2) is 24.0 Å². The van der Waals surface area contributed by atoms with Crippen molar-refractivity contribution in [2.24, 2.45) is 0 Å². The number of fused-ring (bicyclic) bond motifs is 1. The second-order valence-electron chi connectivity index (χ2n) is 6.11. The molecule has 2 aromatic heterocycles. The van der Waals surface area contributed by atoms with E-state index < -0.39 is 11.5 Å². The van der Waals surface area contributed by atoms with Gasteiger partial charge >= 0.3 is 5.63 Å². The Morgan fingerprint density at radius 1 is 1.24 bits per heavy atom. The van der Waals surface area contributed by atoms with E-state index in [0.717, 1.165) is 5.56 Å². The molecule has 0 atom stereocenters. The first-order valence-electron chi connectivity index (χ1n) is 7.95. The molecule has 25 heavy (non-hydrogen) atoms. The summed E-state index contributed by atoms with van der Waals surface area (Å²) < 4.78 is 15.9. The SMILES string of the molecule is CC(C)Oc1ccc2cc(C(=O)N(C)Cc3ccoc3)c(=O)oc2c1. The van der Waals surface area contributed by atoms with Gasteiger partial charge in [0.05, 0.1) is 18.6 Å². The fraction of sp³-hybridized carbons (Fsp3) is 0.263. The Hall–Kier alpha value is -3.02. The molecule has 1 amide bonds. The maximum atomic E-state index is 12.6. The predicted octanol–water partition coefficient (Wildman–Crippen LogP) is 3.45. The Morgan fingerprint density at radius 3 is 2.72 bits per heavy atom. The highest BCUT2D eigenvalue weighted by molar-refractivity contribution is 5.96. The van der Waals surface area contributed by atoms with Crippen LogP contribution in [0.1, 0.15) is 29.8 Å². The van der Waals surface area contributed by atoms with Gasteiger partial charge in [0, 0.05) is 30.6 Å². The Morgan fingerprint density at radius 2 is 2.04 bits per heavy atom. The summed E-state index contributed by atoms with van der Waals surface area (Å²) in [6.45, 7) is 4.17. The lowest BCUT2D eigenvalue weighted by molar-refractivity contribution is 0.0781. The minimum atomic E-state index is -0.668. The van der Waals surface area contributed by atoms with Crippen molar-refractivity contribution in [1.82, 2.24) is 4.90 Å². The van der Waals surface area contributed by atoms with Crippen LogP contribution < -0.4 is 10.4 Å². The molecule has 3 rings (SSSR count). The van der Waals surface area contributed by atoms with Crippen LogP contribution >= 0.6 is 0 Å². The van der Waals surface area contributed by atoms with Crippen LogP contribution in [0.3, 0.4) is 0 Å². The van der Waals surface area contributed by atoms with Crippen LogP contribution in [0.15, 0.2) is 56.5 Å². The van der Waals surface area contributed by atoms with E-state index in [1.54, 1.807) is 43.6 Å². The van der Waals surface area contributed by atoms with Crippen molar-refractivity contribution in [1.29, 1.82) is 0 Å². The number of carbonyl (C=O) groups excluding carboxylic acids is 1. The molecule has 0 unspecified atom stereocenters. The average molecular weight is 341 g/mol. The van der Waals surface area contributed by atoms with E-state index in [1.807, 2.05) is 13.8 Å². The largest absolute Gasteiger partial charge is 0.491 e. The summed E-state index contributed by atoms with van der Waals surface area (Å²) in [4.78, 5) is 26.2. The first-order valence-corrected chi connectivity index (χ1v) is 7.95. The Balaban J connectivity index is 1.90. The zero-order valence-electron chi connectivity index (χ0n) is 14.3. The summed E-state index contributed by atoms with van der Waals surface area (Å²) in [5.74, 6) is 0.209. The first kappa shape index (κ1) is 16.8. The number of nitrogens with zero attached hydrogens (tertiary/aromatic N) is 1. The fourth-order valence-corrected chi connectivity index (χ4v) is 2.52. The van der Waals surface area contributed by atoms with Gasteiger partial charge in [-0.1, -0.05) is 0 Å². The second-order valence-corrected chi connectivity index (χ2v) is 6.11. The maximum Gasteiger partial charge on any atom is 0.349 e. The number of carbonyl (C=O) groups is 1. The molecule has 2 heterocycles. The van der Waals surface area contributed by atoms with E-state index in [9.17, 15) is 9.59 Å². The highest BCUT2D eigenvalue weighted by Crippen LogP contribution is 2.22. The number of amides is 1. The van der Waals surface area contributed by atoms with Gasteiger partial charge in [-0.15, -0.1) is 0 Å². The third-order valence-electron chi connectivity index (χ3n) is 3.66. The van der Waals surface area contributed by atoms with Crippen molar-refractivity contribution in [2.75, 3.05) is 7.05 Å². The van der Waals surface area contributed by atoms with Crippen molar-refractivity contribution in [3.8, 4) is 5.75 Å². The first-order chi connectivity index (χ1) is 11.9. The molecular formula is C19H19NO5. The van der Waals surface area contributed by atoms with Gasteiger partial charge in [-0.05, 0) is 38.1 Å². The molecule has 0 aliphatic rings. The zero-order valence-corrected chi connectivity index (χ0v) is 14.3. The molecule has 0 aliphatic carbocycles. The van der Waals surface area contributed by atoms with Crippen molar-refractivity contribution >= 4 is 16.9 Å². The maximum absolute atomic E-state index is 12.6. The quantitative estimate of drug-likeness (QED) is 0.665. The molecule has 0 N–H and O–H groups in total. The van der Waals surface area contributed by atoms with Gasteiger partial charge in [0.15, 0.2) is 0 Å². The Labute approximate surface area is 144 Å². The third-order valence-corrected chi connectivity index (χ3v) is 3.66. The number of furan rings is 1. The van der Waals surface area contributed by atoms with Crippen molar-refractivity contribution in [2.45, 2.75) is 26.5 Å². The Kier molecular flexibility index (Phi) is 4.61. The summed E-state index contributed by atoms with van der Waals surface area (Å²) in [6.07, 6.45) is 3.11. The van der Waals surface area contributed by atoms with Gasteiger partial charge in [-0.3, -0.25) is 4.79 Å². The number of benzene rings is 1. The van der Waals surface area contributed by atoms with Crippen LogP contribution in [0.4, 0.5) is 0 Å². The molecule has 0 spiro atoms. The molecule has 0 aliphatic heterocycles. The van der Waals surface area contributed by atoms with E-state index in [-0.39, 0.29) is 11.7 Å². The van der Waals surface area contributed by atoms with Crippen LogP contribution in [0.5, 0.6) is 5.75 Å². The highest BCUT2D eigenvalue weighted by Gasteiger charge is 2.18.